The van der Waals surface area contributed by atoms with E-state index in [4.69, 9.17) is 23.1 Å². The number of anilines is 3. The Morgan fingerprint density at radius 3 is 2.70 bits per heavy atom. The molecule has 4 rings (SSSR count). The predicted molar refractivity (Wildman–Crippen MR) is 118 cm³/mol. The van der Waals surface area contributed by atoms with E-state index in [9.17, 15) is 18.8 Å². The molecule has 0 aliphatic rings. The highest BCUT2D eigenvalue weighted by Crippen LogP contribution is 2.24. The van der Waals surface area contributed by atoms with Crippen LogP contribution in [-0.2, 0) is 6.42 Å². The third-order valence-corrected chi connectivity index (χ3v) is 4.96. The third kappa shape index (κ3) is 4.09. The number of nitriles is 1. The first-order valence-corrected chi connectivity index (χ1v) is 9.75. The van der Waals surface area contributed by atoms with E-state index in [-0.39, 0.29) is 63.6 Å². The number of benzene rings is 1. The van der Waals surface area contributed by atoms with Gasteiger partial charge >= 0.3 is 0 Å². The minimum atomic E-state index is -0.742. The topological polar surface area (TPSA) is 161 Å². The minimum Gasteiger partial charge on any atom is -0.382 e. The zero-order valence-corrected chi connectivity index (χ0v) is 17.4. The Morgan fingerprint density at radius 2 is 1.97 bits per heavy atom. The molecule has 0 atom stereocenters. The molecular formula is C20H14ClF2N9O. The normalized spacial score (nSPS) is 10.8. The zero-order chi connectivity index (χ0) is 23.7. The Kier molecular flexibility index (Phi) is 5.72. The second-order valence-electron chi connectivity index (χ2n) is 6.76. The van der Waals surface area contributed by atoms with E-state index in [0.29, 0.717) is 0 Å². The lowest BCUT2D eigenvalue weighted by atomic mass is 10.2. The van der Waals surface area contributed by atoms with E-state index in [2.05, 4.69) is 25.3 Å². The van der Waals surface area contributed by atoms with Crippen molar-refractivity contribution in [1.29, 1.82) is 5.26 Å². The summed E-state index contributed by atoms with van der Waals surface area (Å²) < 4.78 is 29.4. The van der Waals surface area contributed by atoms with E-state index in [1.54, 1.807) is 0 Å². The Balaban J connectivity index is 1.80. The van der Waals surface area contributed by atoms with Crippen LogP contribution in [-0.4, -0.2) is 31.0 Å². The number of nitrogen functional groups attached to an aromatic ring is 2. The van der Waals surface area contributed by atoms with Gasteiger partial charge in [0.2, 0.25) is 5.95 Å². The molecule has 0 aliphatic heterocycles. The van der Waals surface area contributed by atoms with Crippen molar-refractivity contribution in [2.45, 2.75) is 6.42 Å². The van der Waals surface area contributed by atoms with Crippen LogP contribution in [0.4, 0.5) is 26.4 Å². The van der Waals surface area contributed by atoms with E-state index >= 15 is 0 Å². The van der Waals surface area contributed by atoms with Crippen molar-refractivity contribution in [3.63, 3.8) is 0 Å². The van der Waals surface area contributed by atoms with E-state index < -0.39 is 17.2 Å². The highest BCUT2D eigenvalue weighted by Gasteiger charge is 2.19. The number of rotatable bonds is 5. The first-order chi connectivity index (χ1) is 15.8. The predicted octanol–water partition coefficient (Wildman–Crippen LogP) is 2.19. The molecule has 0 saturated heterocycles. The van der Waals surface area contributed by atoms with Crippen molar-refractivity contribution in [3.05, 3.63) is 69.0 Å². The Hall–Kier alpha value is -4.37. The van der Waals surface area contributed by atoms with Gasteiger partial charge < -0.3 is 16.8 Å². The van der Waals surface area contributed by atoms with Crippen LogP contribution in [0.15, 0.2) is 35.4 Å². The van der Waals surface area contributed by atoms with Crippen LogP contribution in [0.1, 0.15) is 11.4 Å². The average Bonchev–Trinajstić information content (AvgIpc) is 2.76. The highest BCUT2D eigenvalue weighted by atomic mass is 35.5. The fourth-order valence-electron chi connectivity index (χ4n) is 3.25. The van der Waals surface area contributed by atoms with Crippen LogP contribution in [0.3, 0.4) is 0 Å². The second-order valence-corrected chi connectivity index (χ2v) is 7.17. The number of nitrogens with one attached hydrogen (secondary N) is 1. The number of pyridine rings is 1. The molecule has 0 bridgehead atoms. The van der Waals surface area contributed by atoms with Gasteiger partial charge in [-0.2, -0.15) is 15.2 Å². The first-order valence-electron chi connectivity index (χ1n) is 9.37. The van der Waals surface area contributed by atoms with Crippen LogP contribution in [0.5, 0.6) is 0 Å². The summed E-state index contributed by atoms with van der Waals surface area (Å²) in [7, 11) is 0. The summed E-state index contributed by atoms with van der Waals surface area (Å²) in [5, 5.41) is 12.0. The SMILES string of the molecule is N#Cc1c(N)nc(N)nc1NCCc1nc2c(F)ccc(Cl)c2c(=O)n1-c1cncc(F)c1. The summed E-state index contributed by atoms with van der Waals surface area (Å²) >= 11 is 6.13. The van der Waals surface area contributed by atoms with Gasteiger partial charge in [0.1, 0.15) is 40.4 Å². The van der Waals surface area contributed by atoms with Crippen molar-refractivity contribution >= 4 is 40.1 Å². The standard InChI is InChI=1S/C20H14ClF2N9O/c21-12-1-2-13(23)16-15(12)19(33)32(10-5-9(22)7-27-8-10)14(29-16)3-4-28-18-11(6-24)17(25)30-20(26)31-18/h1-2,5,7-8H,3-4H2,(H5,25,26,28,30,31). The van der Waals surface area contributed by atoms with Crippen LogP contribution >= 0.6 is 11.6 Å². The van der Waals surface area contributed by atoms with Gasteiger partial charge in [0.25, 0.3) is 5.56 Å². The number of aromatic nitrogens is 5. The molecule has 1 aromatic carbocycles. The number of nitrogens with zero attached hydrogens (tertiary/aromatic N) is 6. The summed E-state index contributed by atoms with van der Waals surface area (Å²) in [6.45, 7) is 0.0768. The summed E-state index contributed by atoms with van der Waals surface area (Å²) in [6, 6.07) is 5.30. The van der Waals surface area contributed by atoms with Crippen molar-refractivity contribution in [3.8, 4) is 11.8 Å². The van der Waals surface area contributed by atoms with Crippen molar-refractivity contribution < 1.29 is 8.78 Å². The number of nitrogens with two attached hydrogens (primary N) is 2. The van der Waals surface area contributed by atoms with Crippen LogP contribution in [0.25, 0.3) is 16.6 Å². The van der Waals surface area contributed by atoms with Crippen molar-refractivity contribution in [2.75, 3.05) is 23.3 Å². The quantitative estimate of drug-likeness (QED) is 0.397. The van der Waals surface area contributed by atoms with E-state index in [0.717, 1.165) is 22.9 Å². The monoisotopic (exact) mass is 469 g/mol. The molecule has 0 aliphatic carbocycles. The number of fused-ring (bicyclic) bond motifs is 1. The molecule has 3 heterocycles. The molecule has 0 spiro atoms. The third-order valence-electron chi connectivity index (χ3n) is 4.65. The zero-order valence-electron chi connectivity index (χ0n) is 16.7. The van der Waals surface area contributed by atoms with E-state index in [1.807, 2.05) is 6.07 Å². The molecule has 3 aromatic heterocycles. The van der Waals surface area contributed by atoms with Gasteiger partial charge in [0.05, 0.1) is 28.5 Å². The maximum Gasteiger partial charge on any atom is 0.267 e. The number of halogens is 3. The summed E-state index contributed by atoms with van der Waals surface area (Å²) in [5.74, 6) is -1.50. The molecule has 13 heteroatoms. The van der Waals surface area contributed by atoms with Gasteiger partial charge in [-0.25, -0.2) is 13.8 Å². The Bertz CT molecular complexity index is 1500. The maximum absolute atomic E-state index is 14.5. The molecule has 0 fully saturated rings. The van der Waals surface area contributed by atoms with Crippen molar-refractivity contribution in [2.24, 2.45) is 0 Å². The van der Waals surface area contributed by atoms with Gasteiger partial charge in [0.15, 0.2) is 5.82 Å². The second kappa shape index (κ2) is 8.64. The van der Waals surface area contributed by atoms with Gasteiger partial charge in [-0.15, -0.1) is 0 Å². The summed E-state index contributed by atoms with van der Waals surface area (Å²) in [5.41, 5.74) is 10.4. The van der Waals surface area contributed by atoms with Gasteiger partial charge in [-0.1, -0.05) is 11.6 Å². The smallest absolute Gasteiger partial charge is 0.267 e. The molecular weight excluding hydrogens is 456 g/mol. The minimum absolute atomic E-state index is 0.00251. The van der Waals surface area contributed by atoms with Gasteiger partial charge in [-0.05, 0) is 12.1 Å². The van der Waals surface area contributed by atoms with Gasteiger partial charge in [0, 0.05) is 19.0 Å². The van der Waals surface area contributed by atoms with Gasteiger partial charge in [-0.3, -0.25) is 14.3 Å². The fraction of sp³-hybridized carbons (Fsp3) is 0.100. The molecule has 0 radical (unpaired) electrons. The lowest BCUT2D eigenvalue weighted by Crippen LogP contribution is -2.26. The first kappa shape index (κ1) is 21.8. The highest BCUT2D eigenvalue weighted by molar-refractivity contribution is 6.35. The molecule has 10 nitrogen and oxygen atoms in total. The molecule has 0 unspecified atom stereocenters. The van der Waals surface area contributed by atoms with Crippen molar-refractivity contribution in [1.82, 2.24) is 24.5 Å². The molecule has 4 aromatic rings. The molecule has 166 valence electrons. The Labute approximate surface area is 189 Å². The molecule has 0 saturated carbocycles. The number of hydrogen-bond donors (Lipinski definition) is 3. The summed E-state index contributed by atoms with van der Waals surface area (Å²) in [6.07, 6.45) is 2.27. The maximum atomic E-state index is 14.5. The number of hydrogen-bond acceptors (Lipinski definition) is 9. The van der Waals surface area contributed by atoms with Crippen LogP contribution in [0, 0.1) is 23.0 Å². The molecule has 5 N–H and O–H groups in total. The fourth-order valence-corrected chi connectivity index (χ4v) is 3.48. The summed E-state index contributed by atoms with van der Waals surface area (Å²) in [4.78, 5) is 29.0. The van der Waals surface area contributed by atoms with Crippen LogP contribution < -0.4 is 22.3 Å². The van der Waals surface area contributed by atoms with Crippen LogP contribution in [0.2, 0.25) is 5.02 Å². The van der Waals surface area contributed by atoms with E-state index in [1.165, 1.54) is 12.3 Å². The lowest BCUT2D eigenvalue weighted by Gasteiger charge is -2.15. The molecule has 33 heavy (non-hydrogen) atoms. The molecule has 0 amide bonds. The average molecular weight is 470 g/mol. The largest absolute Gasteiger partial charge is 0.382 e. The lowest BCUT2D eigenvalue weighted by molar-refractivity contribution is 0.618. The Morgan fingerprint density at radius 1 is 1.18 bits per heavy atom.